The Kier molecular flexibility index (Phi) is 11.1. The Labute approximate surface area is 214 Å². The number of phosphoric ester groups is 1. The summed E-state index contributed by atoms with van der Waals surface area (Å²) in [5.74, 6) is 0. The molecular formula is C25H31N2O7PS. The highest BCUT2D eigenvalue weighted by molar-refractivity contribution is 7.46. The predicted octanol–water partition coefficient (Wildman–Crippen LogP) is 4.84. The fraction of sp³-hybridized carbons (Fsp3) is 0.360. The minimum Gasteiger partial charge on any atom is -0.444 e. The molecule has 1 aromatic heterocycles. The van der Waals surface area contributed by atoms with Crippen molar-refractivity contribution in [3.8, 4) is 0 Å². The zero-order valence-corrected chi connectivity index (χ0v) is 21.6. The minimum absolute atomic E-state index is 0.0891. The Bertz CT molecular complexity index is 1080. The molecule has 2 aromatic carbocycles. The number of carbonyl (C=O) groups is 1. The molecule has 0 aliphatic heterocycles. The van der Waals surface area contributed by atoms with E-state index in [0.29, 0.717) is 12.8 Å². The van der Waals surface area contributed by atoms with Gasteiger partial charge in [-0.05, 0) is 43.7 Å². The number of aryl methyl sites for hydroxylation is 1. The van der Waals surface area contributed by atoms with Crippen LogP contribution in [0.3, 0.4) is 0 Å². The van der Waals surface area contributed by atoms with E-state index in [2.05, 4.69) is 10.3 Å². The van der Waals surface area contributed by atoms with Gasteiger partial charge in [-0.25, -0.2) is 9.36 Å². The molecule has 1 heterocycles. The maximum Gasteiger partial charge on any atom is 0.471 e. The van der Waals surface area contributed by atoms with Crippen molar-refractivity contribution in [3.05, 3.63) is 88.4 Å². The number of thiazole rings is 1. The first-order chi connectivity index (χ1) is 17.3. The van der Waals surface area contributed by atoms with Gasteiger partial charge in [0, 0.05) is 6.20 Å². The molecule has 0 aliphatic rings. The maximum absolute atomic E-state index is 12.7. The molecule has 194 valence electrons. The molecule has 11 heteroatoms. The highest BCUT2D eigenvalue weighted by Crippen LogP contribution is 2.38. The number of rotatable bonds is 14. The molecule has 3 aromatic rings. The number of nitrogens with zero attached hydrogens (tertiary/aromatic N) is 1. The molecule has 0 bridgehead atoms. The van der Waals surface area contributed by atoms with Gasteiger partial charge in [-0.15, -0.1) is 11.3 Å². The summed E-state index contributed by atoms with van der Waals surface area (Å²) >= 11 is 1.38. The topological polar surface area (TPSA) is 127 Å². The quantitative estimate of drug-likeness (QED) is 0.198. The zero-order valence-electron chi connectivity index (χ0n) is 19.9. The number of hydrogen-bond acceptors (Lipinski definition) is 7. The highest BCUT2D eigenvalue weighted by Gasteiger charge is 2.29. The molecule has 0 unspecified atom stereocenters. The molecule has 0 saturated carbocycles. The molecule has 3 N–H and O–H groups in total. The highest BCUT2D eigenvalue weighted by atomic mass is 32.1. The molecule has 9 nitrogen and oxygen atoms in total. The first-order valence-corrected chi connectivity index (χ1v) is 14.0. The second-order valence-electron chi connectivity index (χ2n) is 8.20. The molecule has 3 atom stereocenters. The number of hydrogen-bond donors (Lipinski definition) is 3. The Morgan fingerprint density at radius 2 is 1.75 bits per heavy atom. The molecule has 0 aliphatic carbocycles. The standard InChI is InChI=1S/C25H31N2O7PS/c1-19(34-35(29,30)31)33-24(14-8-13-20-9-4-2-5-10-20)23(15-21-11-6-3-7-12-21)27-25(28)32-17-22-16-26-18-36-22/h2-7,9-12,16,18-19,23-24H,8,13-15,17H2,1H3,(H,27,28)(H2,29,30,31)/t19-,23-,24-/m0/s1. The Morgan fingerprint density at radius 3 is 2.36 bits per heavy atom. The van der Waals surface area contributed by atoms with E-state index in [-0.39, 0.29) is 6.61 Å². The van der Waals surface area contributed by atoms with Gasteiger partial charge in [0.25, 0.3) is 0 Å². The number of benzene rings is 2. The van der Waals surface area contributed by atoms with Crippen molar-refractivity contribution in [1.29, 1.82) is 0 Å². The molecule has 0 fully saturated rings. The van der Waals surface area contributed by atoms with Crippen molar-refractivity contribution in [1.82, 2.24) is 10.3 Å². The van der Waals surface area contributed by atoms with E-state index in [1.54, 1.807) is 11.7 Å². The summed E-state index contributed by atoms with van der Waals surface area (Å²) in [6.07, 6.45) is 1.65. The Morgan fingerprint density at radius 1 is 1.08 bits per heavy atom. The molecule has 0 spiro atoms. The second kappa shape index (κ2) is 14.2. The van der Waals surface area contributed by atoms with Gasteiger partial charge in [0.15, 0.2) is 6.29 Å². The monoisotopic (exact) mass is 534 g/mol. The van der Waals surface area contributed by atoms with E-state index >= 15 is 0 Å². The van der Waals surface area contributed by atoms with Gasteiger partial charge in [0.1, 0.15) is 6.61 Å². The summed E-state index contributed by atoms with van der Waals surface area (Å²) in [4.78, 5) is 35.9. The van der Waals surface area contributed by atoms with Crippen LogP contribution in [0.15, 0.2) is 72.4 Å². The van der Waals surface area contributed by atoms with Gasteiger partial charge in [-0.3, -0.25) is 9.51 Å². The lowest BCUT2D eigenvalue weighted by Crippen LogP contribution is -2.47. The third kappa shape index (κ3) is 10.6. The number of phosphoric acid groups is 1. The Balaban J connectivity index is 1.74. The SMILES string of the molecule is C[C@@H](O[C@@H](CCCc1ccccc1)[C@H](Cc1ccccc1)NC(=O)OCc1cncs1)OP(=O)(O)O. The van der Waals surface area contributed by atoms with Crippen LogP contribution >= 0.6 is 19.2 Å². The van der Waals surface area contributed by atoms with Crippen LogP contribution in [0.2, 0.25) is 0 Å². The van der Waals surface area contributed by atoms with Gasteiger partial charge in [0.2, 0.25) is 0 Å². The third-order valence-corrected chi connectivity index (χ3v) is 6.65. The van der Waals surface area contributed by atoms with Crippen LogP contribution in [0.5, 0.6) is 0 Å². The molecule has 3 rings (SSSR count). The lowest BCUT2D eigenvalue weighted by Gasteiger charge is -2.30. The van der Waals surface area contributed by atoms with Crippen LogP contribution in [0, 0.1) is 0 Å². The second-order valence-corrected chi connectivity index (χ2v) is 10.4. The summed E-state index contributed by atoms with van der Waals surface area (Å²) in [6, 6.07) is 19.0. The average molecular weight is 535 g/mol. The lowest BCUT2D eigenvalue weighted by molar-refractivity contribution is -0.128. The van der Waals surface area contributed by atoms with Crippen molar-refractivity contribution in [2.45, 2.75) is 57.6 Å². The van der Waals surface area contributed by atoms with Crippen LogP contribution in [0.1, 0.15) is 35.8 Å². The Hall–Kier alpha value is -2.59. The van der Waals surface area contributed by atoms with Gasteiger partial charge in [-0.2, -0.15) is 0 Å². The number of amides is 1. The van der Waals surface area contributed by atoms with E-state index in [1.165, 1.54) is 18.3 Å². The van der Waals surface area contributed by atoms with E-state index in [0.717, 1.165) is 28.8 Å². The van der Waals surface area contributed by atoms with Crippen molar-refractivity contribution < 1.29 is 33.1 Å². The molecular weight excluding hydrogens is 503 g/mol. The lowest BCUT2D eigenvalue weighted by atomic mass is 9.96. The van der Waals surface area contributed by atoms with Gasteiger partial charge < -0.3 is 24.6 Å². The predicted molar refractivity (Wildman–Crippen MR) is 136 cm³/mol. The van der Waals surface area contributed by atoms with Crippen molar-refractivity contribution >= 4 is 25.3 Å². The fourth-order valence-corrected chi connectivity index (χ4v) is 4.71. The molecule has 0 radical (unpaired) electrons. The normalized spacial score (nSPS) is 14.1. The summed E-state index contributed by atoms with van der Waals surface area (Å²) in [6.45, 7) is 1.51. The summed E-state index contributed by atoms with van der Waals surface area (Å²) in [5, 5.41) is 2.89. The number of alkyl carbamates (subject to hydrolysis) is 1. The zero-order chi connectivity index (χ0) is 25.8. The first kappa shape index (κ1) is 28.0. The van der Waals surface area contributed by atoms with Gasteiger partial charge >= 0.3 is 13.9 Å². The largest absolute Gasteiger partial charge is 0.471 e. The molecule has 1 amide bonds. The first-order valence-electron chi connectivity index (χ1n) is 11.6. The number of aromatic nitrogens is 1. The van der Waals surface area contributed by atoms with Crippen molar-refractivity contribution in [2.24, 2.45) is 0 Å². The van der Waals surface area contributed by atoms with E-state index in [1.807, 2.05) is 60.7 Å². The summed E-state index contributed by atoms with van der Waals surface area (Å²) < 4.78 is 27.4. The smallest absolute Gasteiger partial charge is 0.444 e. The van der Waals surface area contributed by atoms with Crippen molar-refractivity contribution in [2.75, 3.05) is 0 Å². The van der Waals surface area contributed by atoms with Crippen LogP contribution in [-0.4, -0.2) is 39.3 Å². The number of ether oxygens (including phenoxy) is 2. The number of carbonyl (C=O) groups excluding carboxylic acids is 1. The average Bonchev–Trinajstić information content (AvgIpc) is 3.36. The molecule has 36 heavy (non-hydrogen) atoms. The van der Waals surface area contributed by atoms with Crippen LogP contribution < -0.4 is 5.32 Å². The van der Waals surface area contributed by atoms with Crippen molar-refractivity contribution in [3.63, 3.8) is 0 Å². The number of nitrogens with one attached hydrogen (secondary N) is 1. The molecule has 0 saturated heterocycles. The van der Waals surface area contributed by atoms with Crippen LogP contribution in [-0.2, 0) is 38.0 Å². The van der Waals surface area contributed by atoms with E-state index in [9.17, 15) is 19.1 Å². The van der Waals surface area contributed by atoms with Gasteiger partial charge in [-0.1, -0.05) is 60.7 Å². The van der Waals surface area contributed by atoms with E-state index in [4.69, 9.17) is 14.0 Å². The maximum atomic E-state index is 12.7. The third-order valence-electron chi connectivity index (χ3n) is 5.33. The fourth-order valence-electron chi connectivity index (χ4n) is 3.77. The van der Waals surface area contributed by atoms with Crippen LogP contribution in [0.4, 0.5) is 4.79 Å². The van der Waals surface area contributed by atoms with E-state index < -0.39 is 32.4 Å². The minimum atomic E-state index is -4.76. The summed E-state index contributed by atoms with van der Waals surface area (Å²) in [7, 11) is -4.76. The summed E-state index contributed by atoms with van der Waals surface area (Å²) in [5.41, 5.74) is 3.78. The van der Waals surface area contributed by atoms with Crippen LogP contribution in [0.25, 0.3) is 0 Å². The van der Waals surface area contributed by atoms with Gasteiger partial charge in [0.05, 0.1) is 22.5 Å².